The monoisotopic (exact) mass is 419 g/mol. The molecule has 6 heteroatoms. The summed E-state index contributed by atoms with van der Waals surface area (Å²) in [5.41, 5.74) is 9.44. The van der Waals surface area contributed by atoms with Crippen molar-refractivity contribution < 1.29 is 0 Å². The van der Waals surface area contributed by atoms with Crippen LogP contribution in [0.3, 0.4) is 0 Å². The van der Waals surface area contributed by atoms with E-state index in [4.69, 9.17) is 17.3 Å². The van der Waals surface area contributed by atoms with Crippen LogP contribution in [0.1, 0.15) is 29.9 Å². The van der Waals surface area contributed by atoms with Gasteiger partial charge in [0, 0.05) is 23.5 Å². The molecule has 0 bridgehead atoms. The van der Waals surface area contributed by atoms with Gasteiger partial charge in [-0.1, -0.05) is 17.7 Å². The third-order valence-electron chi connectivity index (χ3n) is 3.24. The van der Waals surface area contributed by atoms with Crippen molar-refractivity contribution in [1.82, 2.24) is 9.78 Å². The summed E-state index contributed by atoms with van der Waals surface area (Å²) >= 11 is 13.1. The van der Waals surface area contributed by atoms with Gasteiger partial charge in [-0.2, -0.15) is 5.10 Å². The normalized spacial score (nSPS) is 12.7. The molecule has 0 radical (unpaired) electrons. The lowest BCUT2D eigenvalue weighted by Crippen LogP contribution is -2.16. The summed E-state index contributed by atoms with van der Waals surface area (Å²) < 4.78 is 3.91. The fourth-order valence-electron chi connectivity index (χ4n) is 2.13. The van der Waals surface area contributed by atoms with E-state index in [0.717, 1.165) is 32.4 Å². The number of aryl methyl sites for hydroxylation is 2. The predicted molar refractivity (Wildman–Crippen MR) is 90.1 cm³/mol. The van der Waals surface area contributed by atoms with E-state index in [1.165, 1.54) is 0 Å². The molecule has 0 saturated heterocycles. The van der Waals surface area contributed by atoms with Gasteiger partial charge in [-0.25, -0.2) is 0 Å². The summed E-state index contributed by atoms with van der Waals surface area (Å²) in [6.07, 6.45) is 0.716. The zero-order valence-corrected chi connectivity index (χ0v) is 15.3. The van der Waals surface area contributed by atoms with Crippen LogP contribution in [-0.2, 0) is 13.0 Å². The maximum absolute atomic E-state index is 6.31. The van der Waals surface area contributed by atoms with E-state index < -0.39 is 0 Å². The van der Waals surface area contributed by atoms with E-state index in [1.807, 2.05) is 29.8 Å². The highest BCUT2D eigenvalue weighted by atomic mass is 79.9. The molecular formula is C14H16Br2ClN3. The van der Waals surface area contributed by atoms with Gasteiger partial charge in [0.05, 0.1) is 20.9 Å². The van der Waals surface area contributed by atoms with Crippen LogP contribution < -0.4 is 5.73 Å². The molecule has 1 aromatic heterocycles. The van der Waals surface area contributed by atoms with Crippen molar-refractivity contribution in [2.75, 3.05) is 0 Å². The van der Waals surface area contributed by atoms with Crippen molar-refractivity contribution in [1.29, 1.82) is 0 Å². The number of aromatic nitrogens is 2. The van der Waals surface area contributed by atoms with Crippen LogP contribution in [0.5, 0.6) is 0 Å². The van der Waals surface area contributed by atoms with E-state index in [9.17, 15) is 0 Å². The molecule has 3 nitrogen and oxygen atoms in total. The molecule has 0 aliphatic carbocycles. The minimum Gasteiger partial charge on any atom is -0.324 e. The predicted octanol–water partition coefficient (Wildman–Crippen LogP) is 4.63. The van der Waals surface area contributed by atoms with Crippen LogP contribution in [0, 0.1) is 6.92 Å². The summed E-state index contributed by atoms with van der Waals surface area (Å²) in [4.78, 5) is 0. The molecule has 2 aromatic rings. The first kappa shape index (κ1) is 16.0. The summed E-state index contributed by atoms with van der Waals surface area (Å²) in [5.74, 6) is 0. The highest BCUT2D eigenvalue weighted by Crippen LogP contribution is 2.29. The van der Waals surface area contributed by atoms with E-state index in [0.29, 0.717) is 11.4 Å². The van der Waals surface area contributed by atoms with Crippen LogP contribution in [0.4, 0.5) is 0 Å². The maximum Gasteiger partial charge on any atom is 0.0738 e. The molecule has 0 saturated carbocycles. The number of nitrogens with two attached hydrogens (primary N) is 1. The maximum atomic E-state index is 6.31. The Bertz CT molecular complexity index is 625. The average Bonchev–Trinajstić information content (AvgIpc) is 2.69. The molecule has 1 unspecified atom stereocenters. The standard InChI is InChI=1S/C14H16Br2ClN3/c1-3-20-13(14(16)8(2)19-20)7-12(18)9-4-5-10(15)11(17)6-9/h4-6,12H,3,7,18H2,1-2H3. The minimum absolute atomic E-state index is 0.113. The van der Waals surface area contributed by atoms with Crippen molar-refractivity contribution in [3.63, 3.8) is 0 Å². The third kappa shape index (κ3) is 3.27. The number of halogens is 3. The van der Waals surface area contributed by atoms with Gasteiger partial charge in [-0.15, -0.1) is 0 Å². The summed E-state index contributed by atoms with van der Waals surface area (Å²) in [5, 5.41) is 5.17. The lowest BCUT2D eigenvalue weighted by atomic mass is 10.0. The lowest BCUT2D eigenvalue weighted by molar-refractivity contribution is 0.586. The Labute approximate surface area is 140 Å². The molecule has 0 spiro atoms. The number of hydrogen-bond acceptors (Lipinski definition) is 2. The Hall–Kier alpha value is -0.360. The number of rotatable bonds is 4. The Morgan fingerprint density at radius 3 is 2.70 bits per heavy atom. The molecule has 0 aliphatic heterocycles. The van der Waals surface area contributed by atoms with E-state index >= 15 is 0 Å². The molecule has 1 heterocycles. The molecule has 0 amide bonds. The van der Waals surface area contributed by atoms with Crippen molar-refractivity contribution in [2.45, 2.75) is 32.9 Å². The van der Waals surface area contributed by atoms with Gasteiger partial charge in [0.1, 0.15) is 0 Å². The second-order valence-electron chi connectivity index (χ2n) is 4.65. The average molecular weight is 422 g/mol. The van der Waals surface area contributed by atoms with Crippen LogP contribution in [0.2, 0.25) is 5.02 Å². The Morgan fingerprint density at radius 2 is 2.10 bits per heavy atom. The molecule has 2 N–H and O–H groups in total. The first-order valence-corrected chi connectivity index (χ1v) is 8.32. The molecule has 108 valence electrons. The quantitative estimate of drug-likeness (QED) is 0.782. The Kier molecular flexibility index (Phi) is 5.29. The molecule has 2 rings (SSSR count). The zero-order valence-electron chi connectivity index (χ0n) is 11.3. The van der Waals surface area contributed by atoms with E-state index in [1.54, 1.807) is 0 Å². The van der Waals surface area contributed by atoms with Crippen molar-refractivity contribution in [3.05, 3.63) is 49.1 Å². The fraction of sp³-hybridized carbons (Fsp3) is 0.357. The topological polar surface area (TPSA) is 43.8 Å². The number of benzene rings is 1. The van der Waals surface area contributed by atoms with Crippen molar-refractivity contribution >= 4 is 43.5 Å². The highest BCUT2D eigenvalue weighted by molar-refractivity contribution is 9.10. The minimum atomic E-state index is -0.113. The first-order chi connectivity index (χ1) is 9.43. The summed E-state index contributed by atoms with van der Waals surface area (Å²) in [7, 11) is 0. The van der Waals surface area contributed by atoms with Gasteiger partial charge in [0.2, 0.25) is 0 Å². The van der Waals surface area contributed by atoms with Gasteiger partial charge >= 0.3 is 0 Å². The van der Waals surface area contributed by atoms with Gasteiger partial charge in [-0.05, 0) is 63.4 Å². The Morgan fingerprint density at radius 1 is 1.40 bits per heavy atom. The second kappa shape index (κ2) is 6.60. The summed E-state index contributed by atoms with van der Waals surface area (Å²) in [6.45, 7) is 4.89. The van der Waals surface area contributed by atoms with Crippen LogP contribution in [-0.4, -0.2) is 9.78 Å². The molecular weight excluding hydrogens is 405 g/mol. The van der Waals surface area contributed by atoms with Crippen LogP contribution in [0.15, 0.2) is 27.1 Å². The van der Waals surface area contributed by atoms with Crippen LogP contribution in [0.25, 0.3) is 0 Å². The number of hydrogen-bond donors (Lipinski definition) is 1. The highest BCUT2D eigenvalue weighted by Gasteiger charge is 2.17. The largest absolute Gasteiger partial charge is 0.324 e. The van der Waals surface area contributed by atoms with Gasteiger partial charge in [0.15, 0.2) is 0 Å². The van der Waals surface area contributed by atoms with Gasteiger partial charge in [0.25, 0.3) is 0 Å². The Balaban J connectivity index is 2.27. The SMILES string of the molecule is CCn1nc(C)c(Br)c1CC(N)c1ccc(Br)c(Cl)c1. The van der Waals surface area contributed by atoms with E-state index in [-0.39, 0.29) is 6.04 Å². The smallest absolute Gasteiger partial charge is 0.0738 e. The van der Waals surface area contributed by atoms with E-state index in [2.05, 4.69) is 43.9 Å². The molecule has 1 atom stereocenters. The fourth-order valence-corrected chi connectivity index (χ4v) is 3.01. The lowest BCUT2D eigenvalue weighted by Gasteiger charge is -2.14. The first-order valence-electron chi connectivity index (χ1n) is 6.36. The molecule has 0 fully saturated rings. The molecule has 20 heavy (non-hydrogen) atoms. The molecule has 0 aliphatic rings. The van der Waals surface area contributed by atoms with Crippen LogP contribution >= 0.6 is 43.5 Å². The summed E-state index contributed by atoms with van der Waals surface area (Å²) in [6, 6.07) is 5.71. The van der Waals surface area contributed by atoms with Gasteiger partial charge < -0.3 is 5.73 Å². The van der Waals surface area contributed by atoms with Crippen molar-refractivity contribution in [3.8, 4) is 0 Å². The molecule has 1 aromatic carbocycles. The van der Waals surface area contributed by atoms with Gasteiger partial charge in [-0.3, -0.25) is 4.68 Å². The van der Waals surface area contributed by atoms with Crippen molar-refractivity contribution in [2.24, 2.45) is 5.73 Å². The zero-order chi connectivity index (χ0) is 14.9. The third-order valence-corrected chi connectivity index (χ3v) is 5.50. The second-order valence-corrected chi connectivity index (χ2v) is 6.70. The number of nitrogens with zero attached hydrogens (tertiary/aromatic N) is 2.